The lowest BCUT2D eigenvalue weighted by Crippen LogP contribution is -2.08. The standard InChI is InChI=1S/C21H40O3/c1-3-5-7-8-13-19(12-6-4-2)14-11-17-23-21(22)16-10-9-15-20-18-24-20/h19-20H,3-18H2,1-2H3. The summed E-state index contributed by atoms with van der Waals surface area (Å²) < 4.78 is 10.6. The van der Waals surface area contributed by atoms with Crippen LogP contribution in [-0.2, 0) is 14.3 Å². The predicted molar refractivity (Wildman–Crippen MR) is 100 cm³/mol. The van der Waals surface area contributed by atoms with Crippen molar-refractivity contribution in [2.75, 3.05) is 13.2 Å². The first kappa shape index (κ1) is 21.5. The minimum Gasteiger partial charge on any atom is -0.466 e. The summed E-state index contributed by atoms with van der Waals surface area (Å²) in [6.45, 7) is 6.07. The number of carbonyl (C=O) groups is 1. The molecule has 1 fully saturated rings. The van der Waals surface area contributed by atoms with Crippen LogP contribution in [0.5, 0.6) is 0 Å². The van der Waals surface area contributed by atoms with Crippen molar-refractivity contribution in [3.63, 3.8) is 0 Å². The van der Waals surface area contributed by atoms with Crippen molar-refractivity contribution >= 4 is 5.97 Å². The first-order chi connectivity index (χ1) is 11.8. The molecule has 3 nitrogen and oxygen atoms in total. The van der Waals surface area contributed by atoms with Gasteiger partial charge >= 0.3 is 5.97 Å². The number of carbonyl (C=O) groups excluding carboxylic acids is 1. The number of esters is 1. The van der Waals surface area contributed by atoms with E-state index in [9.17, 15) is 4.79 Å². The highest BCUT2D eigenvalue weighted by atomic mass is 16.6. The summed E-state index contributed by atoms with van der Waals surface area (Å²) in [5.74, 6) is 0.818. The van der Waals surface area contributed by atoms with Crippen LogP contribution >= 0.6 is 0 Å². The molecule has 24 heavy (non-hydrogen) atoms. The Morgan fingerprint density at radius 2 is 1.67 bits per heavy atom. The van der Waals surface area contributed by atoms with Gasteiger partial charge in [0.1, 0.15) is 0 Å². The lowest BCUT2D eigenvalue weighted by molar-refractivity contribution is -0.144. The normalized spacial score (nSPS) is 17.7. The zero-order valence-corrected chi connectivity index (χ0v) is 16.2. The van der Waals surface area contributed by atoms with Crippen LogP contribution in [-0.4, -0.2) is 25.3 Å². The molecule has 0 spiro atoms. The van der Waals surface area contributed by atoms with Crippen molar-refractivity contribution in [3.8, 4) is 0 Å². The first-order valence-electron chi connectivity index (χ1n) is 10.5. The van der Waals surface area contributed by atoms with Gasteiger partial charge in [0, 0.05) is 6.42 Å². The van der Waals surface area contributed by atoms with Gasteiger partial charge in [-0.2, -0.15) is 0 Å². The second kappa shape index (κ2) is 14.7. The molecule has 1 heterocycles. The fourth-order valence-electron chi connectivity index (χ4n) is 3.29. The zero-order valence-electron chi connectivity index (χ0n) is 16.2. The van der Waals surface area contributed by atoms with Crippen LogP contribution in [0, 0.1) is 5.92 Å². The lowest BCUT2D eigenvalue weighted by Gasteiger charge is -2.16. The summed E-state index contributed by atoms with van der Waals surface area (Å²) in [6, 6.07) is 0. The van der Waals surface area contributed by atoms with Gasteiger partial charge < -0.3 is 9.47 Å². The highest BCUT2D eigenvalue weighted by Crippen LogP contribution is 2.22. The van der Waals surface area contributed by atoms with Gasteiger partial charge in [-0.3, -0.25) is 4.79 Å². The molecule has 0 aliphatic carbocycles. The molecule has 142 valence electrons. The van der Waals surface area contributed by atoms with E-state index in [1.807, 2.05) is 0 Å². The number of unbranched alkanes of at least 4 members (excludes halogenated alkanes) is 5. The van der Waals surface area contributed by atoms with Crippen LogP contribution in [0.2, 0.25) is 0 Å². The Hall–Kier alpha value is -0.570. The van der Waals surface area contributed by atoms with E-state index in [2.05, 4.69) is 13.8 Å². The maximum atomic E-state index is 11.7. The average Bonchev–Trinajstić information content (AvgIpc) is 3.40. The van der Waals surface area contributed by atoms with Crippen molar-refractivity contribution in [2.45, 2.75) is 110 Å². The van der Waals surface area contributed by atoms with Crippen LogP contribution < -0.4 is 0 Å². The fourth-order valence-corrected chi connectivity index (χ4v) is 3.29. The number of hydrogen-bond donors (Lipinski definition) is 0. The summed E-state index contributed by atoms with van der Waals surface area (Å²) in [5.41, 5.74) is 0. The van der Waals surface area contributed by atoms with Gasteiger partial charge in [0.25, 0.3) is 0 Å². The summed E-state index contributed by atoms with van der Waals surface area (Å²) >= 11 is 0. The Morgan fingerprint density at radius 1 is 0.958 bits per heavy atom. The number of rotatable bonds is 17. The Kier molecular flexibility index (Phi) is 13.2. The van der Waals surface area contributed by atoms with Crippen molar-refractivity contribution in [1.82, 2.24) is 0 Å². The van der Waals surface area contributed by atoms with Crippen molar-refractivity contribution in [2.24, 2.45) is 5.92 Å². The van der Waals surface area contributed by atoms with E-state index < -0.39 is 0 Å². The van der Waals surface area contributed by atoms with E-state index in [0.29, 0.717) is 19.1 Å². The fraction of sp³-hybridized carbons (Fsp3) is 0.952. The van der Waals surface area contributed by atoms with Crippen molar-refractivity contribution in [1.29, 1.82) is 0 Å². The largest absolute Gasteiger partial charge is 0.466 e. The van der Waals surface area contributed by atoms with Gasteiger partial charge in [-0.25, -0.2) is 0 Å². The molecule has 0 radical (unpaired) electrons. The average molecular weight is 341 g/mol. The van der Waals surface area contributed by atoms with E-state index in [4.69, 9.17) is 9.47 Å². The first-order valence-corrected chi connectivity index (χ1v) is 10.5. The number of epoxide rings is 1. The summed E-state index contributed by atoms with van der Waals surface area (Å²) in [4.78, 5) is 11.7. The third-order valence-electron chi connectivity index (χ3n) is 5.01. The van der Waals surface area contributed by atoms with Gasteiger partial charge in [0.2, 0.25) is 0 Å². The molecule has 1 aliphatic heterocycles. The van der Waals surface area contributed by atoms with E-state index in [-0.39, 0.29) is 5.97 Å². The quantitative estimate of drug-likeness (QED) is 0.184. The molecule has 0 amide bonds. The molecule has 0 aromatic rings. The Balaban J connectivity index is 1.99. The second-order valence-electron chi connectivity index (χ2n) is 7.42. The molecule has 0 aromatic heterocycles. The molecule has 0 aromatic carbocycles. The molecule has 1 aliphatic rings. The molecule has 1 rings (SSSR count). The van der Waals surface area contributed by atoms with E-state index in [1.165, 1.54) is 57.8 Å². The van der Waals surface area contributed by atoms with Gasteiger partial charge in [0.05, 0.1) is 19.3 Å². The molecule has 2 atom stereocenters. The maximum Gasteiger partial charge on any atom is 0.305 e. The SMILES string of the molecule is CCCCCCC(CCCC)CCCOC(=O)CCCCC1CO1. The third kappa shape index (κ3) is 12.8. The molecular weight excluding hydrogens is 300 g/mol. The highest BCUT2D eigenvalue weighted by molar-refractivity contribution is 5.69. The topological polar surface area (TPSA) is 38.8 Å². The van der Waals surface area contributed by atoms with E-state index in [1.54, 1.807) is 0 Å². The molecule has 2 unspecified atom stereocenters. The molecule has 3 heteroatoms. The second-order valence-corrected chi connectivity index (χ2v) is 7.42. The highest BCUT2D eigenvalue weighted by Gasteiger charge is 2.21. The molecule has 0 saturated carbocycles. The Morgan fingerprint density at radius 3 is 2.38 bits per heavy atom. The zero-order chi connectivity index (χ0) is 17.5. The summed E-state index contributed by atoms with van der Waals surface area (Å²) in [5, 5.41) is 0. The van der Waals surface area contributed by atoms with Crippen LogP contribution in [0.25, 0.3) is 0 Å². The van der Waals surface area contributed by atoms with Crippen LogP contribution in [0.15, 0.2) is 0 Å². The number of ether oxygens (including phenoxy) is 2. The molecular formula is C21H40O3. The van der Waals surface area contributed by atoms with Crippen LogP contribution in [0.4, 0.5) is 0 Å². The Bertz CT molecular complexity index is 299. The number of hydrogen-bond acceptors (Lipinski definition) is 3. The minimum absolute atomic E-state index is 0.0141. The minimum atomic E-state index is -0.0141. The lowest BCUT2D eigenvalue weighted by atomic mass is 9.91. The van der Waals surface area contributed by atoms with Crippen molar-refractivity contribution in [3.05, 3.63) is 0 Å². The molecule has 1 saturated heterocycles. The van der Waals surface area contributed by atoms with Gasteiger partial charge in [0.15, 0.2) is 0 Å². The van der Waals surface area contributed by atoms with Crippen LogP contribution in [0.1, 0.15) is 104 Å². The predicted octanol–water partition coefficient (Wildman–Crippen LogP) is 6.05. The van der Waals surface area contributed by atoms with Gasteiger partial charge in [-0.15, -0.1) is 0 Å². The summed E-state index contributed by atoms with van der Waals surface area (Å²) in [7, 11) is 0. The molecule has 0 N–H and O–H groups in total. The maximum absolute atomic E-state index is 11.7. The summed E-state index contributed by atoms with van der Waals surface area (Å²) in [6.07, 6.45) is 17.2. The third-order valence-corrected chi connectivity index (χ3v) is 5.01. The van der Waals surface area contributed by atoms with Gasteiger partial charge in [-0.05, 0) is 31.6 Å². The molecule has 0 bridgehead atoms. The van der Waals surface area contributed by atoms with Crippen molar-refractivity contribution < 1.29 is 14.3 Å². The smallest absolute Gasteiger partial charge is 0.305 e. The van der Waals surface area contributed by atoms with E-state index in [0.717, 1.165) is 38.2 Å². The van der Waals surface area contributed by atoms with E-state index >= 15 is 0 Å². The Labute approximate surface area is 149 Å². The van der Waals surface area contributed by atoms with Crippen LogP contribution in [0.3, 0.4) is 0 Å². The van der Waals surface area contributed by atoms with Gasteiger partial charge in [-0.1, -0.05) is 71.6 Å². The monoisotopic (exact) mass is 340 g/mol.